The van der Waals surface area contributed by atoms with Crippen molar-refractivity contribution >= 4 is 56.6 Å². The first-order valence-corrected chi connectivity index (χ1v) is 18.2. The summed E-state index contributed by atoms with van der Waals surface area (Å²) in [7, 11) is 3.96. The normalized spacial score (nSPS) is 14.6. The average Bonchev–Trinajstić information content (AvgIpc) is 3.89. The van der Waals surface area contributed by atoms with Gasteiger partial charge in [0.1, 0.15) is 11.4 Å². The van der Waals surface area contributed by atoms with Crippen LogP contribution in [0.3, 0.4) is 0 Å². The van der Waals surface area contributed by atoms with Gasteiger partial charge in [-0.2, -0.15) is 5.10 Å². The van der Waals surface area contributed by atoms with Gasteiger partial charge in [-0.1, -0.05) is 34.5 Å². The van der Waals surface area contributed by atoms with Gasteiger partial charge < -0.3 is 18.8 Å². The van der Waals surface area contributed by atoms with E-state index in [0.717, 1.165) is 83.2 Å². The maximum absolute atomic E-state index is 15.1. The van der Waals surface area contributed by atoms with Gasteiger partial charge in [-0.25, -0.2) is 4.68 Å². The zero-order valence-electron chi connectivity index (χ0n) is 30.3. The molecule has 10 nitrogen and oxygen atoms in total. The molecule has 1 aliphatic heterocycles. The number of benzene rings is 3. The Morgan fingerprint density at radius 2 is 1.73 bits per heavy atom. The van der Waals surface area contributed by atoms with Crippen LogP contribution in [0.4, 0.5) is 5.69 Å². The third-order valence-corrected chi connectivity index (χ3v) is 11.4. The van der Waals surface area contributed by atoms with E-state index in [1.165, 1.54) is 0 Å². The standard InChI is InChI=1S/C40H40Cl2N8O2/c1-22-17-28(18-23(2)37(22)42)52-16-8-9-29-30-11-12-32(41)36(35-25(4)44-47(7)26(35)5)38(30)50-24(3)20-48(40(51)39(29)50)34-21-46(6)33-13-10-27(19-31(33)34)49-15-14-43-45-49/h10-15,17-19,21,24H,8-9,16,20H2,1-7H3/t24-/m1/s1. The van der Waals surface area contributed by atoms with Gasteiger partial charge in [-0.05, 0) is 101 Å². The minimum Gasteiger partial charge on any atom is -0.494 e. The Bertz CT molecular complexity index is 2520. The van der Waals surface area contributed by atoms with E-state index in [0.29, 0.717) is 36.7 Å². The Morgan fingerprint density at radius 1 is 0.962 bits per heavy atom. The number of carbonyl (C=O) groups is 1. The molecule has 0 bridgehead atoms. The zero-order valence-corrected chi connectivity index (χ0v) is 31.8. The second kappa shape index (κ2) is 12.9. The number of ether oxygens (including phenoxy) is 1. The lowest BCUT2D eigenvalue weighted by atomic mass is 9.98. The summed E-state index contributed by atoms with van der Waals surface area (Å²) in [6, 6.07) is 14.1. The van der Waals surface area contributed by atoms with Crippen LogP contribution in [0.1, 0.15) is 58.0 Å². The van der Waals surface area contributed by atoms with Crippen molar-refractivity contribution in [3.63, 3.8) is 0 Å². The number of hydrogen-bond donors (Lipinski definition) is 0. The third-order valence-electron chi connectivity index (χ3n) is 10.5. The Labute approximate surface area is 312 Å². The smallest absolute Gasteiger partial charge is 0.275 e. The first-order valence-electron chi connectivity index (χ1n) is 17.5. The van der Waals surface area contributed by atoms with Crippen molar-refractivity contribution in [2.24, 2.45) is 14.1 Å². The van der Waals surface area contributed by atoms with Crippen molar-refractivity contribution in [1.82, 2.24) is 33.9 Å². The molecule has 1 amide bonds. The highest BCUT2D eigenvalue weighted by atomic mass is 35.5. The highest BCUT2D eigenvalue weighted by Crippen LogP contribution is 2.46. The van der Waals surface area contributed by atoms with Gasteiger partial charge in [-0.3, -0.25) is 9.48 Å². The molecule has 0 saturated heterocycles. The number of anilines is 1. The molecule has 52 heavy (non-hydrogen) atoms. The summed E-state index contributed by atoms with van der Waals surface area (Å²) in [5, 5.41) is 16.3. The van der Waals surface area contributed by atoms with E-state index < -0.39 is 0 Å². The summed E-state index contributed by atoms with van der Waals surface area (Å²) in [5.41, 5.74) is 11.2. The molecule has 1 aliphatic rings. The van der Waals surface area contributed by atoms with Crippen molar-refractivity contribution < 1.29 is 9.53 Å². The summed E-state index contributed by atoms with van der Waals surface area (Å²) in [6.07, 6.45) is 6.86. The molecule has 0 aliphatic carbocycles. The van der Waals surface area contributed by atoms with Crippen LogP contribution < -0.4 is 9.64 Å². The van der Waals surface area contributed by atoms with Crippen molar-refractivity contribution in [2.75, 3.05) is 18.1 Å². The molecule has 8 rings (SSSR count). The SMILES string of the molecule is Cc1cc(OCCCc2c3n(c4c(-c5c(C)nn(C)c5C)c(Cl)ccc24)[C@H](C)CN(c2cn(C)c4ccc(-n5ccnn5)cc24)C3=O)cc(C)c1Cl. The van der Waals surface area contributed by atoms with Crippen LogP contribution >= 0.6 is 23.2 Å². The summed E-state index contributed by atoms with van der Waals surface area (Å²) < 4.78 is 14.2. The first kappa shape index (κ1) is 34.0. The van der Waals surface area contributed by atoms with E-state index in [1.54, 1.807) is 10.9 Å². The lowest BCUT2D eigenvalue weighted by Crippen LogP contribution is -2.42. The fourth-order valence-electron chi connectivity index (χ4n) is 8.00. The zero-order chi connectivity index (χ0) is 36.6. The Hall–Kier alpha value is -5.06. The maximum Gasteiger partial charge on any atom is 0.275 e. The first-order chi connectivity index (χ1) is 24.9. The molecule has 12 heteroatoms. The molecule has 4 aromatic heterocycles. The van der Waals surface area contributed by atoms with Gasteiger partial charge in [-0.15, -0.1) is 5.10 Å². The maximum atomic E-state index is 15.1. The third kappa shape index (κ3) is 5.38. The van der Waals surface area contributed by atoms with E-state index in [-0.39, 0.29) is 11.9 Å². The summed E-state index contributed by atoms with van der Waals surface area (Å²) >= 11 is 13.5. The highest BCUT2D eigenvalue weighted by Gasteiger charge is 2.37. The summed E-state index contributed by atoms with van der Waals surface area (Å²) in [6.45, 7) is 11.2. The quantitative estimate of drug-likeness (QED) is 0.146. The number of rotatable bonds is 8. The molecule has 0 radical (unpaired) electrons. The molecule has 0 saturated carbocycles. The number of fused-ring (bicyclic) bond motifs is 4. The lowest BCUT2D eigenvalue weighted by molar-refractivity contribution is 0.0957. The van der Waals surface area contributed by atoms with Gasteiger partial charge in [0.15, 0.2) is 0 Å². The molecule has 3 aromatic carbocycles. The van der Waals surface area contributed by atoms with E-state index >= 15 is 4.79 Å². The van der Waals surface area contributed by atoms with E-state index in [1.807, 2.05) is 81.1 Å². The van der Waals surface area contributed by atoms with Crippen LogP contribution in [0.2, 0.25) is 10.0 Å². The Balaban J connectivity index is 1.26. The fraction of sp³-hybridized carbons (Fsp3) is 0.300. The van der Waals surface area contributed by atoms with Crippen LogP contribution in [0.15, 0.2) is 61.1 Å². The van der Waals surface area contributed by atoms with E-state index in [4.69, 9.17) is 33.0 Å². The molecule has 0 N–H and O–H groups in total. The molecule has 1 atom stereocenters. The van der Waals surface area contributed by atoms with Crippen LogP contribution in [0.25, 0.3) is 38.6 Å². The van der Waals surface area contributed by atoms with Crippen LogP contribution in [-0.2, 0) is 20.5 Å². The van der Waals surface area contributed by atoms with Crippen molar-refractivity contribution in [3.05, 3.63) is 105 Å². The summed E-state index contributed by atoms with van der Waals surface area (Å²) in [5.74, 6) is 0.742. The average molecular weight is 736 g/mol. The van der Waals surface area contributed by atoms with Crippen LogP contribution in [-0.4, -0.2) is 53.0 Å². The van der Waals surface area contributed by atoms with E-state index in [2.05, 4.69) is 51.5 Å². The van der Waals surface area contributed by atoms with E-state index in [9.17, 15) is 0 Å². The predicted octanol–water partition coefficient (Wildman–Crippen LogP) is 8.89. The largest absolute Gasteiger partial charge is 0.494 e. The number of aromatic nitrogens is 7. The summed E-state index contributed by atoms with van der Waals surface area (Å²) in [4.78, 5) is 17.1. The predicted molar refractivity (Wildman–Crippen MR) is 208 cm³/mol. The van der Waals surface area contributed by atoms with Crippen molar-refractivity contribution in [3.8, 4) is 22.6 Å². The fourth-order valence-corrected chi connectivity index (χ4v) is 8.36. The van der Waals surface area contributed by atoms with Crippen LogP contribution in [0.5, 0.6) is 5.75 Å². The minimum absolute atomic E-state index is 0.0467. The molecule has 0 unspecified atom stereocenters. The van der Waals surface area contributed by atoms with Crippen molar-refractivity contribution in [2.45, 2.75) is 53.5 Å². The monoisotopic (exact) mass is 734 g/mol. The number of halogens is 2. The Morgan fingerprint density at radius 3 is 2.42 bits per heavy atom. The molecular formula is C40H40Cl2N8O2. The van der Waals surface area contributed by atoms with Gasteiger partial charge in [0.25, 0.3) is 5.91 Å². The number of hydrogen-bond acceptors (Lipinski definition) is 5. The molecule has 7 aromatic rings. The number of nitrogens with zero attached hydrogens (tertiary/aromatic N) is 8. The second-order valence-electron chi connectivity index (χ2n) is 13.9. The number of carbonyl (C=O) groups excluding carboxylic acids is 1. The number of aryl methyl sites for hydroxylation is 6. The minimum atomic E-state index is -0.0662. The van der Waals surface area contributed by atoms with Gasteiger partial charge >= 0.3 is 0 Å². The van der Waals surface area contributed by atoms with Gasteiger partial charge in [0.2, 0.25) is 0 Å². The van der Waals surface area contributed by atoms with Crippen LogP contribution in [0, 0.1) is 27.7 Å². The molecule has 266 valence electrons. The molecule has 0 spiro atoms. The van der Waals surface area contributed by atoms with Gasteiger partial charge in [0.05, 0.1) is 52.1 Å². The van der Waals surface area contributed by atoms with Gasteiger partial charge in [0, 0.05) is 65.5 Å². The Kier molecular flexibility index (Phi) is 8.42. The van der Waals surface area contributed by atoms with Crippen molar-refractivity contribution in [1.29, 1.82) is 0 Å². The molecular weight excluding hydrogens is 695 g/mol. The molecule has 0 fully saturated rings. The molecule has 5 heterocycles. The number of amides is 1. The highest BCUT2D eigenvalue weighted by molar-refractivity contribution is 6.35. The topological polar surface area (TPSA) is 87.9 Å². The second-order valence-corrected chi connectivity index (χ2v) is 14.7. The lowest BCUT2D eigenvalue weighted by Gasteiger charge is -2.34.